The number of ketones is 1. The first kappa shape index (κ1) is 22.0. The summed E-state index contributed by atoms with van der Waals surface area (Å²) in [5.41, 5.74) is 1.31. The van der Waals surface area contributed by atoms with Crippen LogP contribution in [0.2, 0.25) is 0 Å². The number of thiol groups is 1. The van der Waals surface area contributed by atoms with E-state index in [1.807, 2.05) is 0 Å². The van der Waals surface area contributed by atoms with E-state index in [-0.39, 0.29) is 40.4 Å². The van der Waals surface area contributed by atoms with Crippen LogP contribution in [0.1, 0.15) is 63.0 Å². The number of ether oxygens (including phenoxy) is 1. The third-order valence-electron chi connectivity index (χ3n) is 7.67. The number of carbonyl (C=O) groups is 3. The standard InChI is InChI=1S/C23H29NO6S/c1-11(25)24-16(10-31)22(29)30-21-19-12(9-17(26)20(21)28)3-4-13-14(19)7-8-23(2)15(13)5-6-18(23)27/h9,13-16,26,28,31H,3-8,10H2,1-2H3,(H,24,25)/t13?,14?,15?,16-,23-/m0/s1. The van der Waals surface area contributed by atoms with Gasteiger partial charge in [-0.3, -0.25) is 9.59 Å². The number of rotatable bonds is 4. The molecule has 8 heteroatoms. The highest BCUT2D eigenvalue weighted by Gasteiger charge is 2.55. The van der Waals surface area contributed by atoms with Crippen molar-refractivity contribution in [1.82, 2.24) is 5.32 Å². The lowest BCUT2D eigenvalue weighted by Gasteiger charge is -2.48. The summed E-state index contributed by atoms with van der Waals surface area (Å²) < 4.78 is 5.61. The van der Waals surface area contributed by atoms with E-state index >= 15 is 0 Å². The number of benzene rings is 1. The summed E-state index contributed by atoms with van der Waals surface area (Å²) in [5, 5.41) is 23.4. The van der Waals surface area contributed by atoms with Gasteiger partial charge in [0.15, 0.2) is 11.5 Å². The van der Waals surface area contributed by atoms with E-state index in [4.69, 9.17) is 4.74 Å². The Morgan fingerprint density at radius 3 is 2.71 bits per heavy atom. The molecule has 168 valence electrons. The first-order chi connectivity index (χ1) is 14.7. The monoisotopic (exact) mass is 447 g/mol. The molecule has 3 N–H and O–H groups in total. The smallest absolute Gasteiger partial charge is 0.335 e. The second-order valence-electron chi connectivity index (χ2n) is 9.34. The molecule has 0 saturated heterocycles. The predicted octanol–water partition coefficient (Wildman–Crippen LogP) is 2.86. The average Bonchev–Trinajstić information content (AvgIpc) is 3.03. The molecule has 2 fully saturated rings. The number of Topliss-reactive ketones (excluding diaryl/α,β-unsaturated/α-hetero) is 1. The molecule has 5 atom stereocenters. The maximum absolute atomic E-state index is 12.7. The van der Waals surface area contributed by atoms with E-state index in [0.717, 1.165) is 36.8 Å². The van der Waals surface area contributed by atoms with Crippen LogP contribution in [0.4, 0.5) is 0 Å². The molecular weight excluding hydrogens is 418 g/mol. The maximum atomic E-state index is 12.7. The van der Waals surface area contributed by atoms with Gasteiger partial charge in [-0.25, -0.2) is 4.79 Å². The largest absolute Gasteiger partial charge is 0.504 e. The lowest BCUT2D eigenvalue weighted by atomic mass is 9.55. The molecule has 1 aromatic carbocycles. The second-order valence-corrected chi connectivity index (χ2v) is 9.70. The zero-order chi connectivity index (χ0) is 22.5. The van der Waals surface area contributed by atoms with E-state index in [0.29, 0.717) is 18.6 Å². The minimum Gasteiger partial charge on any atom is -0.504 e. The number of nitrogens with one attached hydrogen (secondary N) is 1. The zero-order valence-electron chi connectivity index (χ0n) is 17.8. The summed E-state index contributed by atoms with van der Waals surface area (Å²) in [4.78, 5) is 36.7. The molecule has 3 aliphatic carbocycles. The Bertz CT molecular complexity index is 946. The molecule has 2 saturated carbocycles. The molecule has 0 spiro atoms. The second kappa shape index (κ2) is 8.04. The van der Waals surface area contributed by atoms with Gasteiger partial charge in [-0.1, -0.05) is 6.92 Å². The van der Waals surface area contributed by atoms with Crippen molar-refractivity contribution in [2.75, 3.05) is 5.75 Å². The minimum atomic E-state index is -0.972. The molecule has 3 unspecified atom stereocenters. The van der Waals surface area contributed by atoms with Crippen LogP contribution in [0, 0.1) is 17.3 Å². The number of carbonyl (C=O) groups excluding carboxylic acids is 3. The van der Waals surface area contributed by atoms with E-state index < -0.39 is 23.7 Å². The SMILES string of the molecule is CC(=O)N[C@@H](CS)C(=O)Oc1c(O)c(O)cc2c1C1CC[C@]3(C)C(=O)CCC3C1CC2. The molecule has 4 rings (SSSR count). The van der Waals surface area contributed by atoms with Crippen LogP contribution < -0.4 is 10.1 Å². The van der Waals surface area contributed by atoms with Crippen LogP contribution in [0.3, 0.4) is 0 Å². The van der Waals surface area contributed by atoms with E-state index in [9.17, 15) is 24.6 Å². The van der Waals surface area contributed by atoms with E-state index in [1.165, 1.54) is 6.92 Å². The summed E-state index contributed by atoms with van der Waals surface area (Å²) in [7, 11) is 0. The number of fused-ring (bicyclic) bond motifs is 5. The normalized spacial score (nSPS) is 30.0. The molecule has 3 aliphatic rings. The number of aryl methyl sites for hydroxylation is 1. The van der Waals surface area contributed by atoms with Crippen LogP contribution >= 0.6 is 12.6 Å². The van der Waals surface area contributed by atoms with Gasteiger partial charge in [0.25, 0.3) is 0 Å². The molecule has 31 heavy (non-hydrogen) atoms. The Hall–Kier alpha value is -2.22. The number of esters is 1. The lowest BCUT2D eigenvalue weighted by Crippen LogP contribution is -2.44. The highest BCUT2D eigenvalue weighted by Crippen LogP contribution is 2.62. The highest BCUT2D eigenvalue weighted by molar-refractivity contribution is 7.80. The van der Waals surface area contributed by atoms with Crippen molar-refractivity contribution >= 4 is 30.3 Å². The molecule has 0 heterocycles. The Kier molecular flexibility index (Phi) is 5.70. The van der Waals surface area contributed by atoms with Crippen molar-refractivity contribution in [3.05, 3.63) is 17.2 Å². The summed E-state index contributed by atoms with van der Waals surface area (Å²) in [6.07, 6.45) is 4.57. The van der Waals surface area contributed by atoms with Gasteiger partial charge in [-0.05, 0) is 61.5 Å². The highest BCUT2D eigenvalue weighted by atomic mass is 32.1. The van der Waals surface area contributed by atoms with Gasteiger partial charge in [-0.15, -0.1) is 0 Å². The topological polar surface area (TPSA) is 113 Å². The zero-order valence-corrected chi connectivity index (χ0v) is 18.7. The Balaban J connectivity index is 1.71. The molecule has 0 aromatic heterocycles. The number of hydrogen-bond acceptors (Lipinski definition) is 7. The third-order valence-corrected chi connectivity index (χ3v) is 8.04. The average molecular weight is 448 g/mol. The van der Waals surface area contributed by atoms with Gasteiger partial charge in [-0.2, -0.15) is 12.6 Å². The molecular formula is C23H29NO6S. The van der Waals surface area contributed by atoms with Gasteiger partial charge in [0.1, 0.15) is 11.8 Å². The molecule has 1 aromatic rings. The number of amides is 1. The Morgan fingerprint density at radius 2 is 2.03 bits per heavy atom. The van der Waals surface area contributed by atoms with Crippen LogP contribution in [-0.2, 0) is 20.8 Å². The fraction of sp³-hybridized carbons (Fsp3) is 0.609. The van der Waals surface area contributed by atoms with Crippen molar-refractivity contribution in [1.29, 1.82) is 0 Å². The van der Waals surface area contributed by atoms with Gasteiger partial charge < -0.3 is 20.3 Å². The van der Waals surface area contributed by atoms with Crippen LogP contribution in [0.15, 0.2) is 6.07 Å². The fourth-order valence-corrected chi connectivity index (χ4v) is 6.40. The summed E-state index contributed by atoms with van der Waals surface area (Å²) in [6, 6.07) is 0.579. The predicted molar refractivity (Wildman–Crippen MR) is 116 cm³/mol. The number of phenolic OH excluding ortho intramolecular Hbond substituents is 2. The van der Waals surface area contributed by atoms with Gasteiger partial charge in [0.05, 0.1) is 0 Å². The van der Waals surface area contributed by atoms with Gasteiger partial charge in [0, 0.05) is 30.1 Å². The molecule has 0 radical (unpaired) electrons. The van der Waals surface area contributed by atoms with Crippen molar-refractivity contribution in [3.63, 3.8) is 0 Å². The molecule has 0 aliphatic heterocycles. The third kappa shape index (κ3) is 3.58. The molecule has 0 bridgehead atoms. The van der Waals surface area contributed by atoms with Gasteiger partial charge >= 0.3 is 5.97 Å². The summed E-state index contributed by atoms with van der Waals surface area (Å²) >= 11 is 4.11. The fourth-order valence-electron chi connectivity index (χ4n) is 6.16. The Morgan fingerprint density at radius 1 is 1.29 bits per heavy atom. The van der Waals surface area contributed by atoms with Gasteiger partial charge in [0.2, 0.25) is 11.7 Å². The van der Waals surface area contributed by atoms with E-state index in [2.05, 4.69) is 24.9 Å². The van der Waals surface area contributed by atoms with Crippen LogP contribution in [0.5, 0.6) is 17.2 Å². The minimum absolute atomic E-state index is 0.0280. The number of phenols is 2. The van der Waals surface area contributed by atoms with Crippen molar-refractivity contribution in [2.45, 2.75) is 64.3 Å². The lowest BCUT2D eigenvalue weighted by molar-refractivity contribution is -0.138. The maximum Gasteiger partial charge on any atom is 0.335 e. The quantitative estimate of drug-likeness (QED) is 0.244. The van der Waals surface area contributed by atoms with Crippen LogP contribution in [0.25, 0.3) is 0 Å². The van der Waals surface area contributed by atoms with E-state index in [1.54, 1.807) is 6.07 Å². The van der Waals surface area contributed by atoms with Crippen molar-refractivity contribution < 1.29 is 29.3 Å². The first-order valence-electron chi connectivity index (χ1n) is 10.9. The molecule has 1 amide bonds. The summed E-state index contributed by atoms with van der Waals surface area (Å²) in [6.45, 7) is 3.38. The number of hydrogen-bond donors (Lipinski definition) is 4. The Labute approximate surface area is 187 Å². The number of aromatic hydroxyl groups is 2. The molecule has 7 nitrogen and oxygen atoms in total. The summed E-state index contributed by atoms with van der Waals surface area (Å²) in [5.74, 6) is -1.02. The van der Waals surface area contributed by atoms with Crippen molar-refractivity contribution in [3.8, 4) is 17.2 Å². The van der Waals surface area contributed by atoms with Crippen LogP contribution in [-0.4, -0.2) is 39.7 Å². The van der Waals surface area contributed by atoms with Crippen molar-refractivity contribution in [2.24, 2.45) is 17.3 Å². The first-order valence-corrected chi connectivity index (χ1v) is 11.5.